The molecule has 18 heavy (non-hydrogen) atoms. The Kier molecular flexibility index (Phi) is 2.34. The molecule has 2 aromatic rings. The van der Waals surface area contributed by atoms with Crippen LogP contribution in [-0.4, -0.2) is 10.2 Å². The average Bonchev–Trinajstić information content (AvgIpc) is 3.14. The summed E-state index contributed by atoms with van der Waals surface area (Å²) in [5.41, 5.74) is 2.55. The molecule has 1 aliphatic carbocycles. The van der Waals surface area contributed by atoms with E-state index in [1.54, 1.807) is 6.07 Å². The highest BCUT2D eigenvalue weighted by atomic mass is 16.3. The van der Waals surface area contributed by atoms with Crippen LogP contribution in [-0.2, 0) is 5.41 Å². The lowest BCUT2D eigenvalue weighted by Crippen LogP contribution is -2.09. The molecule has 0 amide bonds. The van der Waals surface area contributed by atoms with Crippen molar-refractivity contribution < 1.29 is 10.2 Å². The zero-order valence-corrected chi connectivity index (χ0v) is 10.4. The van der Waals surface area contributed by atoms with Gasteiger partial charge in [-0.15, -0.1) is 0 Å². The van der Waals surface area contributed by atoms with Gasteiger partial charge in [0.2, 0.25) is 0 Å². The van der Waals surface area contributed by atoms with E-state index in [1.807, 2.05) is 43.3 Å². The molecule has 1 saturated carbocycles. The fourth-order valence-electron chi connectivity index (χ4n) is 2.73. The third kappa shape index (κ3) is 1.49. The monoisotopic (exact) mass is 240 g/mol. The van der Waals surface area contributed by atoms with Gasteiger partial charge in [-0.2, -0.15) is 0 Å². The van der Waals surface area contributed by atoms with Gasteiger partial charge >= 0.3 is 0 Å². The van der Waals surface area contributed by atoms with Crippen molar-refractivity contribution in [1.82, 2.24) is 0 Å². The van der Waals surface area contributed by atoms with Crippen LogP contribution in [0.4, 0.5) is 0 Å². The first kappa shape index (κ1) is 11.1. The molecule has 92 valence electrons. The summed E-state index contributed by atoms with van der Waals surface area (Å²) in [6.45, 7) is 1.90. The zero-order chi connectivity index (χ0) is 12.8. The van der Waals surface area contributed by atoms with Crippen molar-refractivity contribution in [3.63, 3.8) is 0 Å². The van der Waals surface area contributed by atoms with Gasteiger partial charge in [0.25, 0.3) is 0 Å². The maximum atomic E-state index is 10.2. The van der Waals surface area contributed by atoms with E-state index in [0.717, 1.165) is 29.5 Å². The van der Waals surface area contributed by atoms with E-state index < -0.39 is 0 Å². The lowest BCUT2D eigenvalue weighted by molar-refractivity contribution is 0.450. The number of phenolic OH excluding ortho intramolecular Hbond substituents is 2. The number of rotatable bonds is 2. The lowest BCUT2D eigenvalue weighted by atomic mass is 9.86. The maximum absolute atomic E-state index is 10.2. The van der Waals surface area contributed by atoms with E-state index in [4.69, 9.17) is 0 Å². The van der Waals surface area contributed by atoms with Gasteiger partial charge in [0, 0.05) is 16.5 Å². The Balaban J connectivity index is 2.17. The van der Waals surface area contributed by atoms with Gasteiger partial charge in [0.15, 0.2) is 0 Å². The summed E-state index contributed by atoms with van der Waals surface area (Å²) in [4.78, 5) is 0. The van der Waals surface area contributed by atoms with Crippen LogP contribution < -0.4 is 0 Å². The van der Waals surface area contributed by atoms with E-state index in [2.05, 4.69) is 0 Å². The Bertz CT molecular complexity index is 598. The molecule has 0 atom stereocenters. The number of para-hydroxylation sites is 2. The van der Waals surface area contributed by atoms with Crippen molar-refractivity contribution >= 4 is 0 Å². The summed E-state index contributed by atoms with van der Waals surface area (Å²) >= 11 is 0. The Labute approximate surface area is 107 Å². The number of hydrogen-bond donors (Lipinski definition) is 2. The highest BCUT2D eigenvalue weighted by molar-refractivity contribution is 5.56. The first-order valence-electron chi connectivity index (χ1n) is 6.23. The summed E-state index contributed by atoms with van der Waals surface area (Å²) in [5, 5.41) is 20.3. The molecule has 1 aliphatic rings. The first-order chi connectivity index (χ1) is 8.65. The SMILES string of the molecule is Cc1cccc(C2(c3ccccc3O)CC2)c1O. The first-order valence-corrected chi connectivity index (χ1v) is 6.23. The molecule has 0 bridgehead atoms. The number of hydrogen-bond acceptors (Lipinski definition) is 2. The highest BCUT2D eigenvalue weighted by Crippen LogP contribution is 2.58. The van der Waals surface area contributed by atoms with Crippen LogP contribution in [0.1, 0.15) is 29.5 Å². The molecule has 0 heterocycles. The minimum Gasteiger partial charge on any atom is -0.508 e. The topological polar surface area (TPSA) is 40.5 Å². The quantitative estimate of drug-likeness (QED) is 0.843. The smallest absolute Gasteiger partial charge is 0.122 e. The Morgan fingerprint density at radius 1 is 0.889 bits per heavy atom. The van der Waals surface area contributed by atoms with E-state index in [0.29, 0.717) is 11.5 Å². The molecule has 0 aliphatic heterocycles. The predicted octanol–water partition coefficient (Wildman–Crippen LogP) is 3.49. The summed E-state index contributed by atoms with van der Waals surface area (Å²) in [5.74, 6) is 0.675. The van der Waals surface area contributed by atoms with Gasteiger partial charge in [0.05, 0.1) is 0 Å². The molecule has 0 unspecified atom stereocenters. The van der Waals surface area contributed by atoms with Gasteiger partial charge in [-0.1, -0.05) is 36.4 Å². The van der Waals surface area contributed by atoms with Gasteiger partial charge < -0.3 is 10.2 Å². The third-order valence-corrected chi connectivity index (χ3v) is 3.92. The van der Waals surface area contributed by atoms with Crippen molar-refractivity contribution in [3.8, 4) is 11.5 Å². The fraction of sp³-hybridized carbons (Fsp3) is 0.250. The molecular weight excluding hydrogens is 224 g/mol. The van der Waals surface area contributed by atoms with Gasteiger partial charge in [-0.3, -0.25) is 0 Å². The maximum Gasteiger partial charge on any atom is 0.122 e. The molecule has 3 rings (SSSR count). The van der Waals surface area contributed by atoms with Crippen LogP contribution in [0.3, 0.4) is 0 Å². The standard InChI is InChI=1S/C16H16O2/c1-11-5-4-7-13(15(11)18)16(9-10-16)12-6-2-3-8-14(12)17/h2-8,17-18H,9-10H2,1H3. The average molecular weight is 240 g/mol. The van der Waals surface area contributed by atoms with Crippen LogP contribution >= 0.6 is 0 Å². The van der Waals surface area contributed by atoms with Gasteiger partial charge in [0.1, 0.15) is 11.5 Å². The fourth-order valence-corrected chi connectivity index (χ4v) is 2.73. The largest absolute Gasteiger partial charge is 0.508 e. The van der Waals surface area contributed by atoms with E-state index in [9.17, 15) is 10.2 Å². The van der Waals surface area contributed by atoms with Crippen molar-refractivity contribution in [2.24, 2.45) is 0 Å². The minimum absolute atomic E-state index is 0.193. The lowest BCUT2D eigenvalue weighted by Gasteiger charge is -2.19. The summed E-state index contributed by atoms with van der Waals surface area (Å²) < 4.78 is 0. The summed E-state index contributed by atoms with van der Waals surface area (Å²) in [6, 6.07) is 13.2. The molecule has 1 fully saturated rings. The summed E-state index contributed by atoms with van der Waals surface area (Å²) in [6.07, 6.45) is 1.95. The second-order valence-electron chi connectivity index (χ2n) is 5.07. The van der Waals surface area contributed by atoms with Crippen molar-refractivity contribution in [2.75, 3.05) is 0 Å². The zero-order valence-electron chi connectivity index (χ0n) is 10.4. The number of aromatic hydroxyl groups is 2. The van der Waals surface area contributed by atoms with Crippen LogP contribution in [0, 0.1) is 6.92 Å². The van der Waals surface area contributed by atoms with E-state index >= 15 is 0 Å². The number of phenols is 2. The van der Waals surface area contributed by atoms with Crippen LogP contribution in [0.15, 0.2) is 42.5 Å². The Morgan fingerprint density at radius 3 is 2.22 bits per heavy atom. The molecule has 2 N–H and O–H groups in total. The minimum atomic E-state index is -0.193. The van der Waals surface area contributed by atoms with Crippen LogP contribution in [0.2, 0.25) is 0 Å². The van der Waals surface area contributed by atoms with Gasteiger partial charge in [-0.25, -0.2) is 0 Å². The molecule has 2 nitrogen and oxygen atoms in total. The van der Waals surface area contributed by atoms with Gasteiger partial charge in [-0.05, 0) is 31.4 Å². The van der Waals surface area contributed by atoms with E-state index in [-0.39, 0.29) is 5.41 Å². The predicted molar refractivity (Wildman–Crippen MR) is 71.0 cm³/mol. The number of benzene rings is 2. The summed E-state index contributed by atoms with van der Waals surface area (Å²) in [7, 11) is 0. The van der Waals surface area contributed by atoms with Crippen LogP contribution in [0.25, 0.3) is 0 Å². The van der Waals surface area contributed by atoms with E-state index in [1.165, 1.54) is 0 Å². The van der Waals surface area contributed by atoms with Crippen molar-refractivity contribution in [3.05, 3.63) is 59.2 Å². The van der Waals surface area contributed by atoms with Crippen molar-refractivity contribution in [1.29, 1.82) is 0 Å². The molecule has 0 radical (unpaired) electrons. The molecule has 0 spiro atoms. The van der Waals surface area contributed by atoms with Crippen LogP contribution in [0.5, 0.6) is 11.5 Å². The Morgan fingerprint density at radius 2 is 1.56 bits per heavy atom. The number of aryl methyl sites for hydroxylation is 1. The molecule has 2 heteroatoms. The molecule has 0 saturated heterocycles. The second-order valence-corrected chi connectivity index (χ2v) is 5.07. The molecular formula is C16H16O2. The Hall–Kier alpha value is -1.96. The molecule has 0 aromatic heterocycles. The third-order valence-electron chi connectivity index (χ3n) is 3.92. The van der Waals surface area contributed by atoms with Crippen molar-refractivity contribution in [2.45, 2.75) is 25.2 Å². The highest BCUT2D eigenvalue weighted by Gasteiger charge is 2.48. The molecule has 2 aromatic carbocycles. The second kappa shape index (κ2) is 3.77. The normalized spacial score (nSPS) is 16.5.